The zero-order valence-electron chi connectivity index (χ0n) is 13.7. The Morgan fingerprint density at radius 3 is 2.96 bits per heavy atom. The summed E-state index contributed by atoms with van der Waals surface area (Å²) in [5, 5.41) is 8.01. The first-order chi connectivity index (χ1) is 11.0. The van der Waals surface area contributed by atoms with Crippen molar-refractivity contribution in [3.63, 3.8) is 0 Å². The number of piperidine rings is 1. The summed E-state index contributed by atoms with van der Waals surface area (Å²) >= 11 is 0. The molecule has 0 aromatic carbocycles. The molecule has 1 N–H and O–H groups in total. The lowest BCUT2D eigenvalue weighted by atomic mass is 9.97. The van der Waals surface area contributed by atoms with E-state index in [4.69, 9.17) is 0 Å². The summed E-state index contributed by atoms with van der Waals surface area (Å²) in [4.78, 5) is 32.9. The van der Waals surface area contributed by atoms with Crippen LogP contribution in [0.3, 0.4) is 0 Å². The third-order valence-corrected chi connectivity index (χ3v) is 4.25. The molecule has 0 aliphatic carbocycles. The Bertz CT molecular complexity index is 778. The summed E-state index contributed by atoms with van der Waals surface area (Å²) in [5.74, 6) is 1.07. The number of aromatic nitrogens is 5. The van der Waals surface area contributed by atoms with Gasteiger partial charge >= 0.3 is 0 Å². The zero-order valence-corrected chi connectivity index (χ0v) is 13.7. The van der Waals surface area contributed by atoms with Gasteiger partial charge in [-0.1, -0.05) is 19.1 Å². The van der Waals surface area contributed by atoms with Gasteiger partial charge in [-0.25, -0.2) is 9.67 Å². The largest absolute Gasteiger partial charge is 0.342 e. The average molecular weight is 318 g/mol. The number of hydrogen-bond acceptors (Lipinski definition) is 5. The number of fused-ring (bicyclic) bond motifs is 1. The molecule has 0 radical (unpaired) electrons. The predicted molar refractivity (Wildman–Crippen MR) is 84.8 cm³/mol. The minimum absolute atomic E-state index is 0.0174. The van der Waals surface area contributed by atoms with Crippen molar-refractivity contribution < 1.29 is 4.79 Å². The molecule has 3 rings (SSSR count). The van der Waals surface area contributed by atoms with E-state index < -0.39 is 0 Å². The van der Waals surface area contributed by atoms with Gasteiger partial charge in [-0.15, -0.1) is 5.10 Å². The number of H-pyrrole nitrogens is 1. The number of nitrogens with zero attached hydrogens (tertiary/aromatic N) is 5. The fraction of sp³-hybridized carbons (Fsp3) is 0.667. The minimum Gasteiger partial charge on any atom is -0.342 e. The van der Waals surface area contributed by atoms with Crippen molar-refractivity contribution in [2.45, 2.75) is 40.2 Å². The molecule has 1 aliphatic heterocycles. The molecule has 1 amide bonds. The highest BCUT2D eigenvalue weighted by Gasteiger charge is 2.26. The molecule has 0 bridgehead atoms. The highest BCUT2D eigenvalue weighted by atomic mass is 16.2. The Morgan fingerprint density at radius 2 is 2.22 bits per heavy atom. The van der Waals surface area contributed by atoms with Crippen molar-refractivity contribution >= 4 is 17.1 Å². The van der Waals surface area contributed by atoms with E-state index in [0.29, 0.717) is 23.9 Å². The van der Waals surface area contributed by atoms with Crippen LogP contribution in [0.15, 0.2) is 4.79 Å². The van der Waals surface area contributed by atoms with E-state index in [2.05, 4.69) is 20.3 Å². The lowest BCUT2D eigenvalue weighted by Crippen LogP contribution is -2.43. The standard InChI is InChI=1S/C15H22N6O2/c1-9(2)15(23)20-6-4-5-11(7-20)8-21-13-12(18-19-21)14(22)17-10(3)16-13/h9,11H,4-8H2,1-3H3,(H,16,17,22)/t11-/m1/s1. The number of carbonyl (C=O) groups excluding carboxylic acids is 1. The number of aromatic amines is 1. The Balaban J connectivity index is 1.79. The van der Waals surface area contributed by atoms with Gasteiger partial charge in [0.2, 0.25) is 5.91 Å². The van der Waals surface area contributed by atoms with Gasteiger partial charge in [-0.2, -0.15) is 0 Å². The first-order valence-electron chi connectivity index (χ1n) is 8.04. The maximum absolute atomic E-state index is 12.2. The van der Waals surface area contributed by atoms with E-state index in [-0.39, 0.29) is 22.9 Å². The highest BCUT2D eigenvalue weighted by Crippen LogP contribution is 2.20. The SMILES string of the molecule is Cc1nc2c(nnn2C[C@@H]2CCCN(C(=O)C(C)C)C2)c(=O)[nH]1. The molecule has 8 nitrogen and oxygen atoms in total. The molecule has 1 saturated heterocycles. The quantitative estimate of drug-likeness (QED) is 0.899. The molecule has 0 unspecified atom stereocenters. The first kappa shape index (κ1) is 15.6. The number of rotatable bonds is 3. The molecule has 8 heteroatoms. The first-order valence-corrected chi connectivity index (χ1v) is 8.04. The molecule has 1 fully saturated rings. The van der Waals surface area contributed by atoms with E-state index in [0.717, 1.165) is 25.9 Å². The molecule has 0 spiro atoms. The van der Waals surface area contributed by atoms with Crippen LogP contribution in [0.2, 0.25) is 0 Å². The molecule has 0 saturated carbocycles. The average Bonchev–Trinajstić information content (AvgIpc) is 2.90. The van der Waals surface area contributed by atoms with Crippen LogP contribution in [-0.2, 0) is 11.3 Å². The van der Waals surface area contributed by atoms with Crippen LogP contribution in [0.4, 0.5) is 0 Å². The van der Waals surface area contributed by atoms with Gasteiger partial charge in [-0.3, -0.25) is 9.59 Å². The summed E-state index contributed by atoms with van der Waals surface area (Å²) in [6.45, 7) is 7.75. The molecule has 1 atom stereocenters. The smallest absolute Gasteiger partial charge is 0.281 e. The minimum atomic E-state index is -0.265. The second-order valence-corrected chi connectivity index (χ2v) is 6.54. The third kappa shape index (κ3) is 3.11. The van der Waals surface area contributed by atoms with Crippen LogP contribution in [0.25, 0.3) is 11.2 Å². The predicted octanol–water partition coefficient (Wildman–Crippen LogP) is 0.718. The summed E-state index contributed by atoms with van der Waals surface area (Å²) in [5.41, 5.74) is 0.513. The lowest BCUT2D eigenvalue weighted by Gasteiger charge is -2.33. The van der Waals surface area contributed by atoms with Gasteiger partial charge in [0.15, 0.2) is 11.2 Å². The summed E-state index contributed by atoms with van der Waals surface area (Å²) in [6.07, 6.45) is 2.02. The van der Waals surface area contributed by atoms with E-state index in [9.17, 15) is 9.59 Å². The van der Waals surface area contributed by atoms with E-state index >= 15 is 0 Å². The van der Waals surface area contributed by atoms with Gasteiger partial charge in [0, 0.05) is 25.6 Å². The van der Waals surface area contributed by atoms with Gasteiger partial charge in [0.25, 0.3) is 5.56 Å². The third-order valence-electron chi connectivity index (χ3n) is 4.25. The van der Waals surface area contributed by atoms with Gasteiger partial charge in [-0.05, 0) is 25.7 Å². The topological polar surface area (TPSA) is 96.8 Å². The van der Waals surface area contributed by atoms with Crippen molar-refractivity contribution in [2.24, 2.45) is 11.8 Å². The Hall–Kier alpha value is -2.25. The molecule has 124 valence electrons. The van der Waals surface area contributed by atoms with Gasteiger partial charge < -0.3 is 9.88 Å². The normalized spacial score (nSPS) is 18.8. The maximum atomic E-state index is 12.2. The van der Waals surface area contributed by atoms with Crippen molar-refractivity contribution in [1.82, 2.24) is 29.9 Å². The Kier molecular flexibility index (Phi) is 4.14. The summed E-state index contributed by atoms with van der Waals surface area (Å²) < 4.78 is 1.69. The molecule has 2 aromatic rings. The van der Waals surface area contributed by atoms with Crippen LogP contribution >= 0.6 is 0 Å². The van der Waals surface area contributed by atoms with Gasteiger partial charge in [0.05, 0.1) is 0 Å². The van der Waals surface area contributed by atoms with Crippen LogP contribution in [0.5, 0.6) is 0 Å². The fourth-order valence-corrected chi connectivity index (χ4v) is 3.12. The molecular weight excluding hydrogens is 296 g/mol. The Labute approximate surface area is 133 Å². The molecule has 23 heavy (non-hydrogen) atoms. The Morgan fingerprint density at radius 1 is 1.43 bits per heavy atom. The van der Waals surface area contributed by atoms with Crippen LogP contribution in [0.1, 0.15) is 32.5 Å². The van der Waals surface area contributed by atoms with E-state index in [1.165, 1.54) is 0 Å². The van der Waals surface area contributed by atoms with E-state index in [1.807, 2.05) is 18.7 Å². The van der Waals surface area contributed by atoms with Crippen LogP contribution in [0, 0.1) is 18.8 Å². The van der Waals surface area contributed by atoms with Crippen LogP contribution < -0.4 is 5.56 Å². The number of hydrogen-bond donors (Lipinski definition) is 1. The van der Waals surface area contributed by atoms with Crippen molar-refractivity contribution in [2.75, 3.05) is 13.1 Å². The fourth-order valence-electron chi connectivity index (χ4n) is 3.12. The maximum Gasteiger partial charge on any atom is 0.281 e. The highest BCUT2D eigenvalue weighted by molar-refractivity contribution is 5.78. The van der Waals surface area contributed by atoms with Crippen molar-refractivity contribution in [3.05, 3.63) is 16.2 Å². The van der Waals surface area contributed by atoms with Crippen molar-refractivity contribution in [1.29, 1.82) is 0 Å². The number of amides is 1. The zero-order chi connectivity index (χ0) is 16.6. The van der Waals surface area contributed by atoms with Crippen LogP contribution in [-0.4, -0.2) is 48.9 Å². The molecule has 2 aromatic heterocycles. The van der Waals surface area contributed by atoms with E-state index in [1.54, 1.807) is 11.6 Å². The second kappa shape index (κ2) is 6.10. The second-order valence-electron chi connectivity index (χ2n) is 6.54. The lowest BCUT2D eigenvalue weighted by molar-refractivity contribution is -0.136. The number of carbonyl (C=O) groups is 1. The molecular formula is C15H22N6O2. The monoisotopic (exact) mass is 318 g/mol. The molecule has 3 heterocycles. The number of likely N-dealkylation sites (tertiary alicyclic amines) is 1. The summed E-state index contributed by atoms with van der Waals surface area (Å²) in [7, 11) is 0. The number of aryl methyl sites for hydroxylation is 1. The van der Waals surface area contributed by atoms with Crippen molar-refractivity contribution in [3.8, 4) is 0 Å². The number of nitrogens with one attached hydrogen (secondary N) is 1. The van der Waals surface area contributed by atoms with Gasteiger partial charge in [0.1, 0.15) is 5.82 Å². The molecule has 1 aliphatic rings. The summed E-state index contributed by atoms with van der Waals surface area (Å²) in [6, 6.07) is 0.